The van der Waals surface area contributed by atoms with Gasteiger partial charge >= 0.3 is 0 Å². The number of nitrogens with two attached hydrogens (primary N) is 1. The van der Waals surface area contributed by atoms with Crippen molar-refractivity contribution in [2.45, 2.75) is 25.3 Å². The first-order valence-electron chi connectivity index (χ1n) is 5.38. The van der Waals surface area contributed by atoms with Gasteiger partial charge in [-0.1, -0.05) is 0 Å². The van der Waals surface area contributed by atoms with Gasteiger partial charge in [-0.05, 0) is 19.4 Å². The largest absolute Gasteiger partial charge is 0.370 e. The molecule has 0 spiro atoms. The van der Waals surface area contributed by atoms with Crippen molar-refractivity contribution >= 4 is 5.82 Å². The molecule has 1 atom stereocenters. The molecule has 1 unspecified atom stereocenters. The number of anilines is 1. The fraction of sp³-hybridized carbons (Fsp3) is 0.700. The lowest BCUT2D eigenvalue weighted by Crippen LogP contribution is -2.32. The van der Waals surface area contributed by atoms with Gasteiger partial charge in [-0.3, -0.25) is 0 Å². The molecule has 3 N–H and O–H groups in total. The van der Waals surface area contributed by atoms with Gasteiger partial charge in [-0.25, -0.2) is 4.68 Å². The summed E-state index contributed by atoms with van der Waals surface area (Å²) in [6.45, 7) is 2.71. The molecular formula is C10H16N4. The summed E-state index contributed by atoms with van der Waals surface area (Å²) in [4.78, 5) is 0. The SMILES string of the molecule is NCC1CNc2cc(C3CC3)nn2C1. The summed E-state index contributed by atoms with van der Waals surface area (Å²) in [5.74, 6) is 2.46. The zero-order chi connectivity index (χ0) is 9.54. The number of aromatic nitrogens is 2. The third kappa shape index (κ3) is 1.30. The van der Waals surface area contributed by atoms with Gasteiger partial charge in [0.05, 0.1) is 5.69 Å². The van der Waals surface area contributed by atoms with Crippen molar-refractivity contribution in [2.24, 2.45) is 11.7 Å². The van der Waals surface area contributed by atoms with Crippen LogP contribution in [-0.4, -0.2) is 22.9 Å². The summed E-state index contributed by atoms with van der Waals surface area (Å²) in [6, 6.07) is 2.20. The van der Waals surface area contributed by atoms with E-state index in [0.717, 1.165) is 25.6 Å². The minimum atomic E-state index is 0.537. The summed E-state index contributed by atoms with van der Waals surface area (Å²) in [6.07, 6.45) is 2.63. The van der Waals surface area contributed by atoms with E-state index < -0.39 is 0 Å². The maximum Gasteiger partial charge on any atom is 0.124 e. The van der Waals surface area contributed by atoms with Crippen LogP contribution in [0.25, 0.3) is 0 Å². The first kappa shape index (κ1) is 8.29. The van der Waals surface area contributed by atoms with Crippen LogP contribution >= 0.6 is 0 Å². The minimum absolute atomic E-state index is 0.537. The molecule has 0 aromatic carbocycles. The molecule has 0 saturated heterocycles. The molecule has 3 rings (SSSR count). The molecule has 76 valence electrons. The Morgan fingerprint density at radius 3 is 3.14 bits per heavy atom. The molecule has 0 radical (unpaired) electrons. The minimum Gasteiger partial charge on any atom is -0.370 e. The highest BCUT2D eigenvalue weighted by molar-refractivity contribution is 5.40. The average Bonchev–Trinajstić information content (AvgIpc) is 2.97. The molecule has 2 aliphatic rings. The van der Waals surface area contributed by atoms with E-state index in [4.69, 9.17) is 5.73 Å². The molecule has 4 nitrogen and oxygen atoms in total. The zero-order valence-electron chi connectivity index (χ0n) is 8.24. The van der Waals surface area contributed by atoms with Crippen molar-refractivity contribution in [3.63, 3.8) is 0 Å². The van der Waals surface area contributed by atoms with Crippen LogP contribution in [0.5, 0.6) is 0 Å². The highest BCUT2D eigenvalue weighted by Gasteiger charge is 2.28. The smallest absolute Gasteiger partial charge is 0.124 e. The molecule has 2 heterocycles. The second kappa shape index (κ2) is 2.98. The Morgan fingerprint density at radius 2 is 2.43 bits per heavy atom. The van der Waals surface area contributed by atoms with Gasteiger partial charge in [-0.15, -0.1) is 0 Å². The maximum atomic E-state index is 5.66. The highest BCUT2D eigenvalue weighted by Crippen LogP contribution is 2.40. The van der Waals surface area contributed by atoms with Crippen LogP contribution in [0.15, 0.2) is 6.07 Å². The summed E-state index contributed by atoms with van der Waals surface area (Å²) in [5, 5.41) is 8.00. The molecule has 1 aromatic rings. The third-order valence-corrected chi connectivity index (χ3v) is 3.13. The van der Waals surface area contributed by atoms with Crippen molar-refractivity contribution < 1.29 is 0 Å². The van der Waals surface area contributed by atoms with E-state index >= 15 is 0 Å². The molecule has 1 fully saturated rings. The van der Waals surface area contributed by atoms with Crippen LogP contribution < -0.4 is 11.1 Å². The van der Waals surface area contributed by atoms with Crippen LogP contribution in [0.1, 0.15) is 24.5 Å². The van der Waals surface area contributed by atoms with Gasteiger partial charge in [-0.2, -0.15) is 5.10 Å². The van der Waals surface area contributed by atoms with E-state index in [1.54, 1.807) is 0 Å². The van der Waals surface area contributed by atoms with E-state index in [-0.39, 0.29) is 0 Å². The summed E-state index contributed by atoms with van der Waals surface area (Å²) >= 11 is 0. The Hall–Kier alpha value is -1.03. The van der Waals surface area contributed by atoms with Crippen molar-refractivity contribution in [1.82, 2.24) is 9.78 Å². The summed E-state index contributed by atoms with van der Waals surface area (Å²) < 4.78 is 2.08. The zero-order valence-corrected chi connectivity index (χ0v) is 8.24. The van der Waals surface area contributed by atoms with Crippen LogP contribution in [0.4, 0.5) is 5.82 Å². The fourth-order valence-electron chi connectivity index (χ4n) is 2.01. The first-order chi connectivity index (χ1) is 6.86. The second-order valence-corrected chi connectivity index (χ2v) is 4.39. The van der Waals surface area contributed by atoms with Crippen molar-refractivity contribution in [3.05, 3.63) is 11.8 Å². The van der Waals surface area contributed by atoms with E-state index in [0.29, 0.717) is 5.92 Å². The Morgan fingerprint density at radius 1 is 1.57 bits per heavy atom. The van der Waals surface area contributed by atoms with E-state index in [2.05, 4.69) is 21.2 Å². The van der Waals surface area contributed by atoms with Crippen molar-refractivity contribution in [1.29, 1.82) is 0 Å². The molecule has 1 aliphatic heterocycles. The van der Waals surface area contributed by atoms with Gasteiger partial charge < -0.3 is 11.1 Å². The Labute approximate surface area is 83.5 Å². The number of hydrogen-bond acceptors (Lipinski definition) is 3. The van der Waals surface area contributed by atoms with Gasteiger partial charge in [0.1, 0.15) is 5.82 Å². The second-order valence-electron chi connectivity index (χ2n) is 4.39. The summed E-state index contributed by atoms with van der Waals surface area (Å²) in [7, 11) is 0. The molecule has 1 aromatic heterocycles. The molecule has 0 amide bonds. The third-order valence-electron chi connectivity index (χ3n) is 3.13. The fourth-order valence-corrected chi connectivity index (χ4v) is 2.01. The van der Waals surface area contributed by atoms with Gasteiger partial charge in [0.25, 0.3) is 0 Å². The Balaban J connectivity index is 1.85. The normalized spacial score (nSPS) is 25.6. The quantitative estimate of drug-likeness (QED) is 0.727. The number of nitrogens with one attached hydrogen (secondary N) is 1. The lowest BCUT2D eigenvalue weighted by molar-refractivity contribution is 0.421. The monoisotopic (exact) mass is 192 g/mol. The maximum absolute atomic E-state index is 5.66. The Bertz CT molecular complexity index is 340. The van der Waals surface area contributed by atoms with Crippen molar-refractivity contribution in [2.75, 3.05) is 18.4 Å². The van der Waals surface area contributed by atoms with Crippen LogP contribution in [0, 0.1) is 5.92 Å². The Kier molecular flexibility index (Phi) is 1.77. The van der Waals surface area contributed by atoms with Crippen LogP contribution in [-0.2, 0) is 6.54 Å². The van der Waals surface area contributed by atoms with E-state index in [1.165, 1.54) is 24.4 Å². The van der Waals surface area contributed by atoms with Gasteiger partial charge in [0, 0.05) is 31.0 Å². The summed E-state index contributed by atoms with van der Waals surface area (Å²) in [5.41, 5.74) is 6.93. The van der Waals surface area contributed by atoms with E-state index in [9.17, 15) is 0 Å². The number of hydrogen-bond donors (Lipinski definition) is 2. The molecule has 0 bridgehead atoms. The number of nitrogens with zero attached hydrogens (tertiary/aromatic N) is 2. The van der Waals surface area contributed by atoms with E-state index in [1.807, 2.05) is 0 Å². The molecule has 14 heavy (non-hydrogen) atoms. The predicted molar refractivity (Wildman–Crippen MR) is 55.2 cm³/mol. The predicted octanol–water partition coefficient (Wildman–Crippen LogP) is 0.761. The van der Waals surface area contributed by atoms with Crippen LogP contribution in [0.2, 0.25) is 0 Å². The lowest BCUT2D eigenvalue weighted by atomic mass is 10.1. The topological polar surface area (TPSA) is 55.9 Å². The lowest BCUT2D eigenvalue weighted by Gasteiger charge is -2.23. The number of rotatable bonds is 2. The highest BCUT2D eigenvalue weighted by atomic mass is 15.3. The van der Waals surface area contributed by atoms with Gasteiger partial charge in [0.15, 0.2) is 0 Å². The first-order valence-corrected chi connectivity index (χ1v) is 5.38. The molecule has 4 heteroatoms. The molecule has 1 saturated carbocycles. The molecular weight excluding hydrogens is 176 g/mol. The number of fused-ring (bicyclic) bond motifs is 1. The van der Waals surface area contributed by atoms with Crippen LogP contribution in [0.3, 0.4) is 0 Å². The molecule has 1 aliphatic carbocycles. The standard InChI is InChI=1S/C10H16N4/c11-4-7-5-12-10-3-9(8-1-2-8)13-14(10)6-7/h3,7-8,12H,1-2,4-6,11H2. The van der Waals surface area contributed by atoms with Crippen molar-refractivity contribution in [3.8, 4) is 0 Å². The average molecular weight is 192 g/mol. The van der Waals surface area contributed by atoms with Gasteiger partial charge in [0.2, 0.25) is 0 Å².